The van der Waals surface area contributed by atoms with Crippen LogP contribution in [-0.4, -0.2) is 23.3 Å². The Morgan fingerprint density at radius 2 is 2.07 bits per heavy atom. The fourth-order valence-electron chi connectivity index (χ4n) is 1.03. The van der Waals surface area contributed by atoms with Crippen molar-refractivity contribution in [3.63, 3.8) is 0 Å². The van der Waals surface area contributed by atoms with Crippen LogP contribution in [0.4, 0.5) is 0 Å². The molecule has 1 aromatic carbocycles. The summed E-state index contributed by atoms with van der Waals surface area (Å²) in [5.41, 5.74) is 0.353. The predicted octanol–water partition coefficient (Wildman–Crippen LogP) is 1.30. The Hall–Kier alpha value is -0.705. The predicted molar refractivity (Wildman–Crippen MR) is 61.3 cm³/mol. The molecule has 0 saturated carbocycles. The zero-order valence-electron chi connectivity index (χ0n) is 8.07. The highest BCUT2D eigenvalue weighted by atomic mass is 35.5. The lowest BCUT2D eigenvalue weighted by molar-refractivity contribution is 0.242. The lowest BCUT2D eigenvalue weighted by Crippen LogP contribution is -2.29. The highest BCUT2D eigenvalue weighted by Crippen LogP contribution is 2.23. The minimum absolute atomic E-state index is 0. The van der Waals surface area contributed by atoms with Crippen molar-refractivity contribution in [3.05, 3.63) is 23.2 Å². The molecule has 80 valence electrons. The van der Waals surface area contributed by atoms with Crippen LogP contribution in [-0.2, 0) is 0 Å². The van der Waals surface area contributed by atoms with E-state index in [1.807, 2.05) is 13.8 Å². The molecule has 0 radical (unpaired) electrons. The van der Waals surface area contributed by atoms with Gasteiger partial charge in [-0.05, 0) is 31.4 Å². The van der Waals surface area contributed by atoms with E-state index in [4.69, 9.17) is 26.4 Å². The van der Waals surface area contributed by atoms with E-state index in [9.17, 15) is 0 Å². The summed E-state index contributed by atoms with van der Waals surface area (Å²) in [4.78, 5) is 0. The van der Waals surface area contributed by atoms with E-state index < -0.39 is 7.12 Å². The van der Waals surface area contributed by atoms with Crippen molar-refractivity contribution in [1.29, 1.82) is 0 Å². The summed E-state index contributed by atoms with van der Waals surface area (Å²) < 4.78 is 5.38. The lowest BCUT2D eigenvalue weighted by Gasteiger charge is -2.11. The van der Waals surface area contributed by atoms with Gasteiger partial charge in [0.15, 0.2) is 0 Å². The number of ether oxygens (including phenoxy) is 1. The average molecular weight is 218 g/mol. The maximum Gasteiger partial charge on any atom is 0.488 e. The molecule has 3 nitrogen and oxygen atoms in total. The molecule has 0 aliphatic rings. The number of halogens is 1. The molecule has 0 aliphatic heterocycles. The van der Waals surface area contributed by atoms with E-state index in [-0.39, 0.29) is 8.96 Å². The van der Waals surface area contributed by atoms with Crippen molar-refractivity contribution in [2.75, 3.05) is 0 Å². The van der Waals surface area contributed by atoms with Crippen LogP contribution < -0.4 is 10.2 Å². The normalized spacial score (nSPS) is 10.4. The van der Waals surface area contributed by atoms with E-state index in [1.54, 1.807) is 12.1 Å². The molecule has 0 aromatic heterocycles. The van der Waals surface area contributed by atoms with Crippen molar-refractivity contribution in [2.45, 2.75) is 20.0 Å². The molecule has 0 aliphatic carbocycles. The van der Waals surface area contributed by atoms with Gasteiger partial charge in [-0.25, -0.2) is 0 Å². The van der Waals surface area contributed by atoms with Crippen LogP contribution in [0.25, 0.3) is 0 Å². The fraction of sp³-hybridized carbons (Fsp3) is 0.333. The highest BCUT2D eigenvalue weighted by Gasteiger charge is 2.13. The monoisotopic (exact) mass is 218 g/mol. The van der Waals surface area contributed by atoms with Gasteiger partial charge < -0.3 is 14.8 Å². The molecule has 0 heterocycles. The Bertz CT molecular complexity index is 324. The number of rotatable bonds is 3. The summed E-state index contributed by atoms with van der Waals surface area (Å²) in [7, 11) is -1.50. The van der Waals surface area contributed by atoms with E-state index in [0.29, 0.717) is 16.2 Å². The van der Waals surface area contributed by atoms with Crippen molar-refractivity contribution in [2.24, 2.45) is 0 Å². The molecule has 1 rings (SSSR count). The quantitative estimate of drug-likeness (QED) is 0.752. The van der Waals surface area contributed by atoms with E-state index in [0.717, 1.165) is 0 Å². The van der Waals surface area contributed by atoms with Crippen LogP contribution in [0.3, 0.4) is 0 Å². The van der Waals surface area contributed by atoms with Gasteiger partial charge in [0.05, 0.1) is 11.1 Å². The van der Waals surface area contributed by atoms with Gasteiger partial charge in [-0.2, -0.15) is 0 Å². The Morgan fingerprint density at radius 1 is 1.43 bits per heavy atom. The minimum atomic E-state index is -1.50. The summed E-state index contributed by atoms with van der Waals surface area (Å²) in [6, 6.07) is 4.66. The van der Waals surface area contributed by atoms with Crippen LogP contribution in [0.1, 0.15) is 16.7 Å². The van der Waals surface area contributed by atoms with Crippen LogP contribution in [0, 0.1) is 0 Å². The SMILES string of the molecule is CC(C)Oc1ccc(B(O)O)cc1Cl.[HH].[HH]. The number of hydrogen-bond donors (Lipinski definition) is 2. The fourth-order valence-corrected chi connectivity index (χ4v) is 1.26. The summed E-state index contributed by atoms with van der Waals surface area (Å²) in [6.45, 7) is 3.79. The van der Waals surface area contributed by atoms with Crippen molar-refractivity contribution >= 4 is 24.2 Å². The van der Waals surface area contributed by atoms with Gasteiger partial charge in [-0.15, -0.1) is 0 Å². The van der Waals surface area contributed by atoms with Crippen molar-refractivity contribution < 1.29 is 17.6 Å². The molecular weight excluding hydrogens is 202 g/mol. The van der Waals surface area contributed by atoms with Gasteiger partial charge in [0.1, 0.15) is 5.75 Å². The second-order valence-electron chi connectivity index (χ2n) is 3.23. The Kier molecular flexibility index (Phi) is 3.81. The van der Waals surface area contributed by atoms with Crippen molar-refractivity contribution in [1.82, 2.24) is 0 Å². The third-order valence-electron chi connectivity index (χ3n) is 1.62. The summed E-state index contributed by atoms with van der Waals surface area (Å²) >= 11 is 5.87. The smallest absolute Gasteiger partial charge is 0.488 e. The molecule has 0 unspecified atom stereocenters. The third kappa shape index (κ3) is 2.91. The van der Waals surface area contributed by atoms with Gasteiger partial charge in [0.2, 0.25) is 0 Å². The molecule has 0 atom stereocenters. The minimum Gasteiger partial charge on any atom is -0.489 e. The first-order chi connectivity index (χ1) is 6.50. The second kappa shape index (κ2) is 4.69. The van der Waals surface area contributed by atoms with E-state index >= 15 is 0 Å². The van der Waals surface area contributed by atoms with Gasteiger partial charge in [0.25, 0.3) is 0 Å². The summed E-state index contributed by atoms with van der Waals surface area (Å²) in [6.07, 6.45) is 0.0393. The molecule has 2 N–H and O–H groups in total. The molecule has 0 amide bonds. The standard InChI is InChI=1S/C9H12BClO3.2H2/c1-6(2)14-9-4-3-7(10(12)13)5-8(9)11;;/h3-6,12-13H,1-2H3;2*1H. The number of hydrogen-bond acceptors (Lipinski definition) is 3. The maximum atomic E-state index is 8.88. The van der Waals surface area contributed by atoms with Gasteiger partial charge >= 0.3 is 7.12 Å². The Labute approximate surface area is 91.4 Å². The summed E-state index contributed by atoms with van der Waals surface area (Å²) in [5.74, 6) is 0.547. The van der Waals surface area contributed by atoms with Crippen molar-refractivity contribution in [3.8, 4) is 5.75 Å². The molecule has 0 saturated heterocycles. The van der Waals surface area contributed by atoms with E-state index in [1.165, 1.54) is 6.07 Å². The first-order valence-electron chi connectivity index (χ1n) is 4.33. The van der Waals surface area contributed by atoms with E-state index in [2.05, 4.69) is 0 Å². The molecular formula is C9H16BClO3. The van der Waals surface area contributed by atoms with Crippen LogP contribution in [0.5, 0.6) is 5.75 Å². The zero-order valence-corrected chi connectivity index (χ0v) is 8.82. The molecule has 0 fully saturated rings. The molecule has 14 heavy (non-hydrogen) atoms. The average Bonchev–Trinajstić information content (AvgIpc) is 2.07. The number of benzene rings is 1. The zero-order chi connectivity index (χ0) is 10.7. The lowest BCUT2D eigenvalue weighted by atomic mass is 9.80. The highest BCUT2D eigenvalue weighted by molar-refractivity contribution is 6.59. The second-order valence-corrected chi connectivity index (χ2v) is 3.64. The van der Waals surface area contributed by atoms with Gasteiger partial charge in [0, 0.05) is 2.85 Å². The maximum absolute atomic E-state index is 8.88. The Morgan fingerprint density at radius 3 is 2.50 bits per heavy atom. The van der Waals surface area contributed by atoms with Gasteiger partial charge in [-0.3, -0.25) is 0 Å². The third-order valence-corrected chi connectivity index (χ3v) is 1.91. The van der Waals surface area contributed by atoms with Crippen LogP contribution in [0.2, 0.25) is 5.02 Å². The van der Waals surface area contributed by atoms with Gasteiger partial charge in [-0.1, -0.05) is 17.7 Å². The summed E-state index contributed by atoms with van der Waals surface area (Å²) in [5, 5.41) is 18.1. The Balaban J connectivity index is 0. The van der Waals surface area contributed by atoms with Crippen LogP contribution >= 0.6 is 11.6 Å². The molecule has 1 aromatic rings. The first kappa shape index (κ1) is 11.4. The van der Waals surface area contributed by atoms with Crippen LogP contribution in [0.15, 0.2) is 18.2 Å². The first-order valence-corrected chi connectivity index (χ1v) is 4.70. The molecule has 5 heteroatoms. The molecule has 0 spiro atoms. The molecule has 0 bridgehead atoms. The topological polar surface area (TPSA) is 49.7 Å². The largest absolute Gasteiger partial charge is 0.489 e.